The monoisotopic (exact) mass is 201 g/mol. The molecule has 1 heterocycles. The lowest BCUT2D eigenvalue weighted by atomic mass is 10.2. The fraction of sp³-hybridized carbons (Fsp3) is 0.889. The van der Waals surface area contributed by atoms with Gasteiger partial charge in [-0.2, -0.15) is 0 Å². The molecule has 3 N–H and O–H groups in total. The van der Waals surface area contributed by atoms with Crippen LogP contribution in [0.2, 0.25) is 0 Å². The van der Waals surface area contributed by atoms with Crippen molar-refractivity contribution >= 4 is 5.96 Å². The Morgan fingerprint density at radius 2 is 2.21 bits per heavy atom. The Kier molecular flexibility index (Phi) is 4.69. The van der Waals surface area contributed by atoms with E-state index < -0.39 is 0 Å². The van der Waals surface area contributed by atoms with E-state index in [1.54, 1.807) is 0 Å². The second-order valence-corrected chi connectivity index (χ2v) is 3.59. The summed E-state index contributed by atoms with van der Waals surface area (Å²) >= 11 is 0. The molecule has 0 aromatic heterocycles. The van der Waals surface area contributed by atoms with Crippen molar-refractivity contribution in [3.05, 3.63) is 0 Å². The third-order valence-corrected chi connectivity index (χ3v) is 2.21. The number of hydrogen-bond acceptors (Lipinski definition) is 3. The molecule has 1 atom stereocenters. The van der Waals surface area contributed by atoms with Gasteiger partial charge in [0, 0.05) is 26.2 Å². The zero-order chi connectivity index (χ0) is 10.4. The number of aliphatic hydroxyl groups excluding tert-OH is 1. The highest BCUT2D eigenvalue weighted by molar-refractivity contribution is 5.78. The number of ether oxygens (including phenoxy) is 1. The predicted molar refractivity (Wildman–Crippen MR) is 55.1 cm³/mol. The maximum absolute atomic E-state index is 8.81. The Labute approximate surface area is 84.6 Å². The summed E-state index contributed by atoms with van der Waals surface area (Å²) in [4.78, 5) is 6.23. The molecule has 5 heteroatoms. The number of hydrogen-bond donors (Lipinski definition) is 2. The molecule has 0 aromatic carbocycles. The number of aliphatic hydroxyl groups is 1. The Morgan fingerprint density at radius 1 is 1.57 bits per heavy atom. The van der Waals surface area contributed by atoms with Crippen LogP contribution in [0, 0.1) is 5.92 Å². The van der Waals surface area contributed by atoms with E-state index in [1.165, 1.54) is 0 Å². The Bertz CT molecular complexity index is 190. The van der Waals surface area contributed by atoms with Gasteiger partial charge in [-0.05, 0) is 5.92 Å². The van der Waals surface area contributed by atoms with Gasteiger partial charge in [-0.3, -0.25) is 4.99 Å². The standard InChI is InChI=1S/C9H19N3O2/c1-8(7-13)6-11-9(10)12-2-4-14-5-3-12/h8,13H,2-7H2,1H3,(H2,10,11). The van der Waals surface area contributed by atoms with Crippen LogP contribution < -0.4 is 5.73 Å². The van der Waals surface area contributed by atoms with Gasteiger partial charge in [-0.15, -0.1) is 0 Å². The number of aliphatic imine (C=N–C) groups is 1. The van der Waals surface area contributed by atoms with Crippen molar-refractivity contribution in [2.24, 2.45) is 16.6 Å². The molecule has 1 rings (SSSR count). The molecule has 1 saturated heterocycles. The lowest BCUT2D eigenvalue weighted by Crippen LogP contribution is -2.45. The van der Waals surface area contributed by atoms with Crippen LogP contribution in [0.15, 0.2) is 4.99 Å². The normalized spacial score (nSPS) is 21.0. The molecule has 5 nitrogen and oxygen atoms in total. The maximum Gasteiger partial charge on any atom is 0.191 e. The van der Waals surface area contributed by atoms with Gasteiger partial charge >= 0.3 is 0 Å². The molecule has 0 saturated carbocycles. The van der Waals surface area contributed by atoms with E-state index in [0.29, 0.717) is 25.7 Å². The van der Waals surface area contributed by atoms with Gasteiger partial charge in [0.15, 0.2) is 5.96 Å². The van der Waals surface area contributed by atoms with E-state index in [-0.39, 0.29) is 12.5 Å². The molecule has 0 radical (unpaired) electrons. The van der Waals surface area contributed by atoms with Gasteiger partial charge < -0.3 is 20.5 Å². The van der Waals surface area contributed by atoms with Gasteiger partial charge in [0.25, 0.3) is 0 Å². The maximum atomic E-state index is 8.81. The predicted octanol–water partition coefficient (Wildman–Crippen LogP) is -0.738. The summed E-state index contributed by atoms with van der Waals surface area (Å²) in [5.74, 6) is 0.739. The first-order valence-corrected chi connectivity index (χ1v) is 4.97. The van der Waals surface area contributed by atoms with E-state index >= 15 is 0 Å². The van der Waals surface area contributed by atoms with E-state index in [9.17, 15) is 0 Å². The second kappa shape index (κ2) is 5.82. The zero-order valence-electron chi connectivity index (χ0n) is 8.65. The molecular formula is C9H19N3O2. The Balaban J connectivity index is 2.34. The SMILES string of the molecule is CC(CO)CN=C(N)N1CCOCC1. The van der Waals surface area contributed by atoms with E-state index in [4.69, 9.17) is 15.6 Å². The van der Waals surface area contributed by atoms with Gasteiger partial charge in [0.05, 0.1) is 13.2 Å². The summed E-state index contributed by atoms with van der Waals surface area (Å²) in [5, 5.41) is 8.81. The lowest BCUT2D eigenvalue weighted by Gasteiger charge is -2.27. The summed E-state index contributed by atoms with van der Waals surface area (Å²) < 4.78 is 5.20. The molecule has 0 amide bonds. The van der Waals surface area contributed by atoms with Crippen LogP contribution in [0.1, 0.15) is 6.92 Å². The number of nitrogens with two attached hydrogens (primary N) is 1. The average Bonchev–Trinajstić information content (AvgIpc) is 2.26. The van der Waals surface area contributed by atoms with Crippen molar-refractivity contribution in [1.29, 1.82) is 0 Å². The topological polar surface area (TPSA) is 71.1 Å². The molecule has 82 valence electrons. The Hall–Kier alpha value is -0.810. The van der Waals surface area contributed by atoms with Crippen molar-refractivity contribution in [2.45, 2.75) is 6.92 Å². The minimum Gasteiger partial charge on any atom is -0.396 e. The molecule has 0 aliphatic carbocycles. The van der Waals surface area contributed by atoms with Crippen molar-refractivity contribution in [2.75, 3.05) is 39.5 Å². The minimum absolute atomic E-state index is 0.153. The summed E-state index contributed by atoms with van der Waals surface area (Å²) in [6, 6.07) is 0. The highest BCUT2D eigenvalue weighted by Gasteiger charge is 2.12. The molecule has 1 unspecified atom stereocenters. The van der Waals surface area contributed by atoms with Crippen LogP contribution in [0.3, 0.4) is 0 Å². The van der Waals surface area contributed by atoms with Crippen LogP contribution in [-0.2, 0) is 4.74 Å². The average molecular weight is 201 g/mol. The van der Waals surface area contributed by atoms with Gasteiger partial charge in [-0.25, -0.2) is 0 Å². The molecule has 1 aliphatic rings. The highest BCUT2D eigenvalue weighted by Crippen LogP contribution is 1.98. The van der Waals surface area contributed by atoms with Gasteiger partial charge in [0.1, 0.15) is 0 Å². The van der Waals surface area contributed by atoms with Crippen LogP contribution in [0.5, 0.6) is 0 Å². The van der Waals surface area contributed by atoms with Crippen molar-refractivity contribution < 1.29 is 9.84 Å². The molecule has 1 aliphatic heterocycles. The number of nitrogens with zero attached hydrogens (tertiary/aromatic N) is 2. The quantitative estimate of drug-likeness (QED) is 0.466. The third kappa shape index (κ3) is 3.51. The van der Waals surface area contributed by atoms with Crippen LogP contribution in [0.4, 0.5) is 0 Å². The molecule has 0 spiro atoms. The van der Waals surface area contributed by atoms with Crippen molar-refractivity contribution in [3.8, 4) is 0 Å². The number of rotatable bonds is 3. The van der Waals surface area contributed by atoms with E-state index in [1.807, 2.05) is 11.8 Å². The van der Waals surface area contributed by atoms with Gasteiger partial charge in [0.2, 0.25) is 0 Å². The molecular weight excluding hydrogens is 182 g/mol. The van der Waals surface area contributed by atoms with E-state index in [0.717, 1.165) is 13.1 Å². The summed E-state index contributed by atoms with van der Waals surface area (Å²) in [6.45, 7) is 5.72. The van der Waals surface area contributed by atoms with Gasteiger partial charge in [-0.1, -0.05) is 6.92 Å². The first-order chi connectivity index (χ1) is 6.74. The fourth-order valence-electron chi connectivity index (χ4n) is 1.20. The minimum atomic E-state index is 0.153. The highest BCUT2D eigenvalue weighted by atomic mass is 16.5. The smallest absolute Gasteiger partial charge is 0.191 e. The molecule has 0 aromatic rings. The zero-order valence-corrected chi connectivity index (χ0v) is 8.65. The third-order valence-electron chi connectivity index (χ3n) is 2.21. The van der Waals surface area contributed by atoms with E-state index in [2.05, 4.69) is 4.99 Å². The lowest BCUT2D eigenvalue weighted by molar-refractivity contribution is 0.0673. The van der Waals surface area contributed by atoms with Crippen LogP contribution in [-0.4, -0.2) is 55.4 Å². The summed E-state index contributed by atoms with van der Waals surface area (Å²) in [7, 11) is 0. The first-order valence-electron chi connectivity index (χ1n) is 4.97. The fourth-order valence-corrected chi connectivity index (χ4v) is 1.20. The number of morpholine rings is 1. The largest absolute Gasteiger partial charge is 0.396 e. The molecule has 0 bridgehead atoms. The Morgan fingerprint density at radius 3 is 2.79 bits per heavy atom. The number of guanidine groups is 1. The molecule has 14 heavy (non-hydrogen) atoms. The van der Waals surface area contributed by atoms with Crippen LogP contribution in [0.25, 0.3) is 0 Å². The summed E-state index contributed by atoms with van der Waals surface area (Å²) in [5.41, 5.74) is 5.79. The molecule has 1 fully saturated rings. The first kappa shape index (κ1) is 11.3. The second-order valence-electron chi connectivity index (χ2n) is 3.59. The van der Waals surface area contributed by atoms with Crippen molar-refractivity contribution in [3.63, 3.8) is 0 Å². The van der Waals surface area contributed by atoms with Crippen LogP contribution >= 0.6 is 0 Å². The summed E-state index contributed by atoms with van der Waals surface area (Å²) in [6.07, 6.45) is 0. The van der Waals surface area contributed by atoms with Crippen molar-refractivity contribution in [1.82, 2.24) is 4.90 Å².